The molecule has 0 saturated heterocycles. The second-order valence-corrected chi connectivity index (χ2v) is 9.64. The molecule has 0 nitrogen and oxygen atoms in total. The van der Waals surface area contributed by atoms with Gasteiger partial charge < -0.3 is 0 Å². The predicted octanol–water partition coefficient (Wildman–Crippen LogP) is 7.75. The summed E-state index contributed by atoms with van der Waals surface area (Å²) in [6.07, 6.45) is 6.39. The summed E-state index contributed by atoms with van der Waals surface area (Å²) < 4.78 is 29.1. The molecular formula is C32H30F2. The minimum atomic E-state index is -0.696. The van der Waals surface area contributed by atoms with Gasteiger partial charge in [-0.05, 0) is 98.0 Å². The van der Waals surface area contributed by atoms with E-state index in [1.807, 2.05) is 44.2 Å². The quantitative estimate of drug-likeness (QED) is 0.349. The Morgan fingerprint density at radius 3 is 1.91 bits per heavy atom. The molecule has 1 fully saturated rings. The van der Waals surface area contributed by atoms with Crippen molar-refractivity contribution in [2.45, 2.75) is 52.9 Å². The third kappa shape index (κ3) is 6.15. The molecule has 0 N–H and O–H groups in total. The molecule has 0 heterocycles. The number of hydrogen-bond donors (Lipinski definition) is 0. The highest BCUT2D eigenvalue weighted by atomic mass is 19.1. The molecule has 4 rings (SSSR count). The lowest BCUT2D eigenvalue weighted by atomic mass is 9.80. The van der Waals surface area contributed by atoms with Crippen LogP contribution in [0.5, 0.6) is 0 Å². The minimum absolute atomic E-state index is 0.231. The maximum absolute atomic E-state index is 14.6. The Morgan fingerprint density at radius 2 is 1.26 bits per heavy atom. The van der Waals surface area contributed by atoms with Gasteiger partial charge in [0.15, 0.2) is 0 Å². The zero-order valence-electron chi connectivity index (χ0n) is 20.1. The summed E-state index contributed by atoms with van der Waals surface area (Å²) in [5, 5.41) is 0. The van der Waals surface area contributed by atoms with E-state index in [4.69, 9.17) is 0 Å². The van der Waals surface area contributed by atoms with E-state index in [9.17, 15) is 8.78 Å². The average molecular weight is 453 g/mol. The number of benzene rings is 3. The van der Waals surface area contributed by atoms with Crippen molar-refractivity contribution >= 4 is 0 Å². The topological polar surface area (TPSA) is 0 Å². The van der Waals surface area contributed by atoms with Gasteiger partial charge in [-0.2, -0.15) is 0 Å². The largest absolute Gasteiger partial charge is 0.205 e. The molecule has 3 aromatic carbocycles. The number of hydrogen-bond acceptors (Lipinski definition) is 0. The first-order chi connectivity index (χ1) is 16.4. The Kier molecular flexibility index (Phi) is 7.49. The van der Waals surface area contributed by atoms with Crippen LogP contribution in [-0.4, -0.2) is 0 Å². The van der Waals surface area contributed by atoms with Gasteiger partial charge in [-0.1, -0.05) is 61.6 Å². The number of aryl methyl sites for hydroxylation is 2. The average Bonchev–Trinajstić information content (AvgIpc) is 2.82. The van der Waals surface area contributed by atoms with Gasteiger partial charge in [0.25, 0.3) is 0 Å². The molecule has 0 radical (unpaired) electrons. The summed E-state index contributed by atoms with van der Waals surface area (Å²) in [6.45, 7) is 6.34. The Morgan fingerprint density at radius 1 is 0.676 bits per heavy atom. The van der Waals surface area contributed by atoms with E-state index >= 15 is 0 Å². The first-order valence-corrected chi connectivity index (χ1v) is 12.1. The maximum atomic E-state index is 14.6. The number of rotatable bonds is 2. The van der Waals surface area contributed by atoms with Gasteiger partial charge in [0.05, 0.1) is 5.56 Å². The van der Waals surface area contributed by atoms with Gasteiger partial charge in [0, 0.05) is 16.7 Å². The zero-order chi connectivity index (χ0) is 24.1. The maximum Gasteiger partial charge on any atom is 0.143 e. The molecule has 34 heavy (non-hydrogen) atoms. The fourth-order valence-corrected chi connectivity index (χ4v) is 4.45. The molecule has 0 amide bonds. The number of halogens is 2. The van der Waals surface area contributed by atoms with Crippen LogP contribution in [0.15, 0.2) is 54.6 Å². The van der Waals surface area contributed by atoms with E-state index in [2.05, 4.69) is 42.7 Å². The van der Waals surface area contributed by atoms with Crippen LogP contribution < -0.4 is 0 Å². The molecular weight excluding hydrogens is 422 g/mol. The summed E-state index contributed by atoms with van der Waals surface area (Å²) in [6, 6.07) is 16.4. The lowest BCUT2D eigenvalue weighted by molar-refractivity contribution is 0.289. The van der Waals surface area contributed by atoms with Crippen molar-refractivity contribution in [3.05, 3.63) is 105 Å². The molecule has 0 aromatic heterocycles. The summed E-state index contributed by atoms with van der Waals surface area (Å²) in [5.74, 6) is 11.6. The van der Waals surface area contributed by atoms with E-state index < -0.39 is 11.6 Å². The molecule has 0 bridgehead atoms. The van der Waals surface area contributed by atoms with Crippen molar-refractivity contribution < 1.29 is 8.78 Å². The molecule has 1 aliphatic rings. The molecule has 0 aliphatic heterocycles. The van der Waals surface area contributed by atoms with E-state index in [-0.39, 0.29) is 5.56 Å². The molecule has 3 aromatic rings. The molecule has 172 valence electrons. The summed E-state index contributed by atoms with van der Waals surface area (Å²) in [5.41, 5.74) is 5.20. The minimum Gasteiger partial charge on any atom is -0.205 e. The first kappa shape index (κ1) is 23.8. The monoisotopic (exact) mass is 452 g/mol. The molecule has 2 heteroatoms. The zero-order valence-corrected chi connectivity index (χ0v) is 20.1. The summed E-state index contributed by atoms with van der Waals surface area (Å²) in [7, 11) is 0. The SMILES string of the molecule is Cc1ccc(C#Cc2c(F)cc(C#Cc3ccc(CC4CCC(C)CC4)cc3)cc2F)cc1C. The first-order valence-electron chi connectivity index (χ1n) is 12.1. The standard InChI is InChI=1S/C32H30F2/c1-22-4-7-27(8-5-22)19-28-13-10-25(11-14-28)12-15-29-20-31(33)30(32(34)21-29)17-16-26-9-6-23(2)24(3)18-26/h6,9-11,13-14,18,20-22,27H,4-5,7-8,19H2,1-3H3. The predicted molar refractivity (Wildman–Crippen MR) is 136 cm³/mol. The lowest BCUT2D eigenvalue weighted by Crippen LogP contribution is -2.14. The third-order valence-corrected chi connectivity index (χ3v) is 6.85. The fourth-order valence-electron chi connectivity index (χ4n) is 4.45. The van der Waals surface area contributed by atoms with E-state index in [0.29, 0.717) is 5.56 Å². The van der Waals surface area contributed by atoms with Crippen LogP contribution in [0, 0.1) is 61.0 Å². The van der Waals surface area contributed by atoms with Crippen LogP contribution in [0.4, 0.5) is 8.78 Å². The van der Waals surface area contributed by atoms with Crippen molar-refractivity contribution in [2.75, 3.05) is 0 Å². The molecule has 0 unspecified atom stereocenters. The van der Waals surface area contributed by atoms with Crippen molar-refractivity contribution in [3.63, 3.8) is 0 Å². The molecule has 1 aliphatic carbocycles. The molecule has 1 saturated carbocycles. The van der Waals surface area contributed by atoms with Crippen LogP contribution in [0.1, 0.15) is 71.6 Å². The van der Waals surface area contributed by atoms with E-state index in [1.165, 1.54) is 43.4 Å². The van der Waals surface area contributed by atoms with Crippen LogP contribution >= 0.6 is 0 Å². The Bertz CT molecular complexity index is 1260. The van der Waals surface area contributed by atoms with Crippen LogP contribution in [0.25, 0.3) is 0 Å². The van der Waals surface area contributed by atoms with Crippen molar-refractivity contribution in [2.24, 2.45) is 11.8 Å². The van der Waals surface area contributed by atoms with Gasteiger partial charge in [0.2, 0.25) is 0 Å². The molecule has 0 atom stereocenters. The Balaban J connectivity index is 1.44. The van der Waals surface area contributed by atoms with Crippen LogP contribution in [0.3, 0.4) is 0 Å². The van der Waals surface area contributed by atoms with Gasteiger partial charge in [-0.25, -0.2) is 8.78 Å². The van der Waals surface area contributed by atoms with Crippen LogP contribution in [0.2, 0.25) is 0 Å². The second-order valence-electron chi connectivity index (χ2n) is 9.64. The van der Waals surface area contributed by atoms with Gasteiger partial charge >= 0.3 is 0 Å². The summed E-state index contributed by atoms with van der Waals surface area (Å²) in [4.78, 5) is 0. The van der Waals surface area contributed by atoms with Gasteiger partial charge in [-0.15, -0.1) is 0 Å². The van der Waals surface area contributed by atoms with Crippen molar-refractivity contribution in [3.8, 4) is 23.7 Å². The van der Waals surface area contributed by atoms with Crippen molar-refractivity contribution in [1.29, 1.82) is 0 Å². The van der Waals surface area contributed by atoms with Gasteiger partial charge in [-0.3, -0.25) is 0 Å². The van der Waals surface area contributed by atoms with E-state index in [1.54, 1.807) is 0 Å². The third-order valence-electron chi connectivity index (χ3n) is 6.85. The fraction of sp³-hybridized carbons (Fsp3) is 0.312. The highest BCUT2D eigenvalue weighted by Gasteiger charge is 2.18. The van der Waals surface area contributed by atoms with Crippen LogP contribution in [-0.2, 0) is 6.42 Å². The normalized spacial score (nSPS) is 17.3. The highest BCUT2D eigenvalue weighted by molar-refractivity contribution is 5.50. The Hall–Kier alpha value is -3.36. The smallest absolute Gasteiger partial charge is 0.143 e. The summed E-state index contributed by atoms with van der Waals surface area (Å²) >= 11 is 0. The molecule has 0 spiro atoms. The van der Waals surface area contributed by atoms with E-state index in [0.717, 1.165) is 40.5 Å². The Labute approximate surface area is 202 Å². The lowest BCUT2D eigenvalue weighted by Gasteiger charge is -2.26. The van der Waals surface area contributed by atoms with Crippen molar-refractivity contribution in [1.82, 2.24) is 0 Å². The highest BCUT2D eigenvalue weighted by Crippen LogP contribution is 2.30. The second kappa shape index (κ2) is 10.7. The van der Waals surface area contributed by atoms with Gasteiger partial charge in [0.1, 0.15) is 11.6 Å².